The molecule has 1 aromatic carbocycles. The molecule has 1 radical (unpaired) electrons. The van der Waals surface area contributed by atoms with Crippen molar-refractivity contribution in [2.45, 2.75) is 44.6 Å². The fourth-order valence-corrected chi connectivity index (χ4v) is 5.22. The van der Waals surface area contributed by atoms with Crippen molar-refractivity contribution in [2.75, 3.05) is 0 Å². The maximum Gasteiger partial charge on any atom is 0.251 e. The van der Waals surface area contributed by atoms with Crippen molar-refractivity contribution in [1.82, 2.24) is 5.32 Å². The highest BCUT2D eigenvalue weighted by Gasteiger charge is 2.48. The third-order valence-corrected chi connectivity index (χ3v) is 6.03. The molecule has 5 rings (SSSR count). The van der Waals surface area contributed by atoms with Crippen LogP contribution in [0.5, 0.6) is 0 Å². The van der Waals surface area contributed by atoms with Crippen LogP contribution in [0.25, 0.3) is 0 Å². The summed E-state index contributed by atoms with van der Waals surface area (Å²) in [5.74, 6) is 3.51. The average Bonchev–Trinajstić information content (AvgIpc) is 2.50. The topological polar surface area (TPSA) is 29.1 Å². The highest BCUT2D eigenvalue weighted by Crippen LogP contribution is 2.53. The molecule has 1 amide bonds. The molecule has 1 N–H and O–H groups in total. The zero-order valence-corrected chi connectivity index (χ0v) is 12.6. The second-order valence-corrected chi connectivity index (χ2v) is 7.38. The van der Waals surface area contributed by atoms with Gasteiger partial charge in [-0.05, 0) is 86.8 Å². The second-order valence-electron chi connectivity index (χ2n) is 7.38. The van der Waals surface area contributed by atoms with E-state index in [-0.39, 0.29) is 5.91 Å². The summed E-state index contributed by atoms with van der Waals surface area (Å²) in [5, 5.41) is 3.36. The molecule has 4 saturated carbocycles. The molecule has 4 bridgehead atoms. The van der Waals surface area contributed by atoms with Gasteiger partial charge in [0, 0.05) is 11.6 Å². The maximum atomic E-state index is 12.5. The Morgan fingerprint density at radius 1 is 1.00 bits per heavy atom. The minimum atomic E-state index is 0.114. The van der Waals surface area contributed by atoms with Gasteiger partial charge in [-0.15, -0.1) is 0 Å². The summed E-state index contributed by atoms with van der Waals surface area (Å²) in [6, 6.07) is 8.33. The first-order valence-corrected chi connectivity index (χ1v) is 8.42. The zero-order chi connectivity index (χ0) is 14.4. The van der Waals surface area contributed by atoms with E-state index in [2.05, 4.69) is 12.2 Å². The van der Waals surface area contributed by atoms with Crippen LogP contribution in [0.15, 0.2) is 24.3 Å². The van der Waals surface area contributed by atoms with Crippen molar-refractivity contribution < 1.29 is 4.79 Å². The van der Waals surface area contributed by atoms with Crippen LogP contribution in [0.1, 0.15) is 48.0 Å². The number of rotatable bonds is 3. The summed E-state index contributed by atoms with van der Waals surface area (Å²) >= 11 is 0. The summed E-state index contributed by atoms with van der Waals surface area (Å²) in [7, 11) is 0. The van der Waals surface area contributed by atoms with Crippen molar-refractivity contribution in [1.29, 1.82) is 0 Å². The van der Waals surface area contributed by atoms with Crippen molar-refractivity contribution in [3.8, 4) is 0 Å². The number of amides is 1. The first-order valence-electron chi connectivity index (χ1n) is 8.42. The van der Waals surface area contributed by atoms with Gasteiger partial charge in [0.15, 0.2) is 0 Å². The lowest BCUT2D eigenvalue weighted by Crippen LogP contribution is -2.55. The molecular weight excluding hydrogens is 258 g/mol. The molecule has 0 heterocycles. The van der Waals surface area contributed by atoms with E-state index in [9.17, 15) is 4.79 Å². The molecule has 0 aliphatic heterocycles. The van der Waals surface area contributed by atoms with Crippen LogP contribution in [0.3, 0.4) is 0 Å². The Bertz CT molecular complexity index is 505. The minimum Gasteiger partial charge on any atom is -0.349 e. The first-order chi connectivity index (χ1) is 10.2. The van der Waals surface area contributed by atoms with Gasteiger partial charge in [-0.3, -0.25) is 4.79 Å². The quantitative estimate of drug-likeness (QED) is 0.901. The maximum absolute atomic E-state index is 12.5. The van der Waals surface area contributed by atoms with Gasteiger partial charge < -0.3 is 5.32 Å². The van der Waals surface area contributed by atoms with Gasteiger partial charge in [0.05, 0.1) is 0 Å². The van der Waals surface area contributed by atoms with Crippen molar-refractivity contribution >= 4 is 5.91 Å². The number of carbonyl (C=O) groups excluding carboxylic acids is 1. The van der Waals surface area contributed by atoms with E-state index in [0.717, 1.165) is 35.7 Å². The van der Waals surface area contributed by atoms with E-state index < -0.39 is 0 Å². The van der Waals surface area contributed by atoms with Crippen LogP contribution in [-0.4, -0.2) is 11.9 Å². The molecule has 2 heteroatoms. The van der Waals surface area contributed by atoms with Crippen LogP contribution in [-0.2, 0) is 6.42 Å². The molecule has 0 saturated heterocycles. The van der Waals surface area contributed by atoms with E-state index in [1.807, 2.05) is 24.3 Å². The summed E-state index contributed by atoms with van der Waals surface area (Å²) in [6.07, 6.45) is 7.62. The molecule has 0 atom stereocenters. The summed E-state index contributed by atoms with van der Waals surface area (Å²) < 4.78 is 0. The summed E-state index contributed by atoms with van der Waals surface area (Å²) in [5.41, 5.74) is 1.97. The van der Waals surface area contributed by atoms with E-state index in [1.54, 1.807) is 0 Å². The van der Waals surface area contributed by atoms with E-state index in [4.69, 9.17) is 0 Å². The molecule has 4 aliphatic carbocycles. The van der Waals surface area contributed by atoms with Gasteiger partial charge in [-0.1, -0.05) is 12.1 Å². The van der Waals surface area contributed by atoms with Gasteiger partial charge in [-0.25, -0.2) is 0 Å². The Kier molecular flexibility index (Phi) is 3.28. The normalized spacial score (nSPS) is 36.7. The Hall–Kier alpha value is -1.31. The molecule has 2 nitrogen and oxygen atoms in total. The van der Waals surface area contributed by atoms with Crippen LogP contribution < -0.4 is 5.32 Å². The van der Waals surface area contributed by atoms with Crippen LogP contribution in [0.4, 0.5) is 0 Å². The minimum absolute atomic E-state index is 0.114. The van der Waals surface area contributed by atoms with Crippen LogP contribution in [0, 0.1) is 30.6 Å². The Morgan fingerprint density at radius 2 is 1.57 bits per heavy atom. The third-order valence-electron chi connectivity index (χ3n) is 6.03. The van der Waals surface area contributed by atoms with E-state index >= 15 is 0 Å². The number of benzene rings is 1. The van der Waals surface area contributed by atoms with Gasteiger partial charge in [0.25, 0.3) is 5.91 Å². The predicted octanol–water partition coefficient (Wildman–Crippen LogP) is 3.62. The lowest BCUT2D eigenvalue weighted by Gasteiger charge is -2.54. The van der Waals surface area contributed by atoms with Gasteiger partial charge >= 0.3 is 0 Å². The van der Waals surface area contributed by atoms with Crippen molar-refractivity contribution in [2.24, 2.45) is 23.7 Å². The molecule has 1 aromatic rings. The van der Waals surface area contributed by atoms with E-state index in [0.29, 0.717) is 6.04 Å². The molecule has 111 valence electrons. The van der Waals surface area contributed by atoms with E-state index in [1.165, 1.54) is 37.7 Å². The lowest BCUT2D eigenvalue weighted by molar-refractivity contribution is -0.0119. The summed E-state index contributed by atoms with van der Waals surface area (Å²) in [4.78, 5) is 12.5. The molecule has 4 aliphatic rings. The standard InChI is InChI=1S/C19H24NO/c1-2-12-3-5-15(6-4-12)19(21)20-18-16-8-13-7-14(10-16)11-17(18)9-13/h3-6,13-14,16-18H,1-2,7-11H2,(H,20,21). The molecule has 0 unspecified atom stereocenters. The number of hydrogen-bond acceptors (Lipinski definition) is 1. The monoisotopic (exact) mass is 282 g/mol. The van der Waals surface area contributed by atoms with Gasteiger partial charge in [-0.2, -0.15) is 0 Å². The van der Waals surface area contributed by atoms with Crippen LogP contribution >= 0.6 is 0 Å². The average molecular weight is 282 g/mol. The smallest absolute Gasteiger partial charge is 0.251 e. The highest BCUT2D eigenvalue weighted by molar-refractivity contribution is 5.94. The molecule has 21 heavy (non-hydrogen) atoms. The fraction of sp³-hybridized carbons (Fsp3) is 0.579. The molecular formula is C19H24NO. The Morgan fingerprint density at radius 3 is 2.10 bits per heavy atom. The van der Waals surface area contributed by atoms with Gasteiger partial charge in [0.1, 0.15) is 0 Å². The number of carbonyl (C=O) groups is 1. The molecule has 0 aromatic heterocycles. The van der Waals surface area contributed by atoms with Crippen molar-refractivity contribution in [3.05, 3.63) is 42.3 Å². The van der Waals surface area contributed by atoms with Crippen LogP contribution in [0.2, 0.25) is 0 Å². The Labute approximate surface area is 127 Å². The zero-order valence-electron chi connectivity index (χ0n) is 12.6. The number of nitrogens with one attached hydrogen (secondary N) is 1. The largest absolute Gasteiger partial charge is 0.349 e. The number of hydrogen-bond donors (Lipinski definition) is 1. The highest BCUT2D eigenvalue weighted by atomic mass is 16.1. The first kappa shape index (κ1) is 13.4. The fourth-order valence-electron chi connectivity index (χ4n) is 5.22. The van der Waals surface area contributed by atoms with Gasteiger partial charge in [0.2, 0.25) is 0 Å². The third kappa shape index (κ3) is 2.39. The molecule has 4 fully saturated rings. The SMILES string of the molecule is [CH2]Cc1ccc(C(=O)NC2C3CC4CC(C3)CC2C4)cc1. The predicted molar refractivity (Wildman–Crippen MR) is 83.8 cm³/mol. The van der Waals surface area contributed by atoms with Crippen molar-refractivity contribution in [3.63, 3.8) is 0 Å². The second kappa shape index (κ2) is 5.15. The summed E-state index contributed by atoms with van der Waals surface area (Å²) in [6.45, 7) is 3.87. The lowest BCUT2D eigenvalue weighted by atomic mass is 9.54. The molecule has 0 spiro atoms. The Balaban J connectivity index is 1.46.